The van der Waals surface area contributed by atoms with Crippen LogP contribution >= 0.6 is 0 Å². The lowest BCUT2D eigenvalue weighted by Crippen LogP contribution is -2.48. The normalized spacial score (nSPS) is 11.6. The Labute approximate surface area is 161 Å². The molecule has 144 valence electrons. The van der Waals surface area contributed by atoms with Crippen molar-refractivity contribution in [3.63, 3.8) is 0 Å². The lowest BCUT2D eigenvalue weighted by Gasteiger charge is -2.29. The third kappa shape index (κ3) is 5.84. The Balaban J connectivity index is 2.20. The number of carbonyl (C=O) groups is 2. The number of hydrogen-bond donors (Lipinski definition) is 1. The molecule has 1 unspecified atom stereocenters. The third-order valence-corrected chi connectivity index (χ3v) is 4.51. The number of aryl methyl sites for hydroxylation is 1. The number of likely N-dealkylation sites (N-methyl/N-ethyl adjacent to an activating group) is 1. The number of nitrogens with zero attached hydrogens (tertiary/aromatic N) is 1. The number of rotatable bonds is 8. The van der Waals surface area contributed by atoms with Gasteiger partial charge in [0, 0.05) is 13.1 Å². The van der Waals surface area contributed by atoms with Crippen LogP contribution in [0.3, 0.4) is 0 Å². The zero-order chi connectivity index (χ0) is 19.8. The summed E-state index contributed by atoms with van der Waals surface area (Å²) in [5.41, 5.74) is 3.04. The number of amides is 2. The molecule has 0 aliphatic heterocycles. The summed E-state index contributed by atoms with van der Waals surface area (Å²) in [6.07, 6.45) is 0.264. The minimum absolute atomic E-state index is 0.0755. The molecule has 0 aromatic heterocycles. The maximum absolute atomic E-state index is 13.0. The Bertz CT molecular complexity index is 754. The molecule has 5 heteroatoms. The van der Waals surface area contributed by atoms with Gasteiger partial charge in [-0.1, -0.05) is 42.0 Å². The number of carbonyl (C=O) groups excluding carboxylic acids is 2. The second kappa shape index (κ2) is 9.76. The van der Waals surface area contributed by atoms with Crippen LogP contribution in [-0.4, -0.2) is 36.4 Å². The first kappa shape index (κ1) is 20.5. The average molecular weight is 368 g/mol. The highest BCUT2D eigenvalue weighted by molar-refractivity contribution is 5.88. The van der Waals surface area contributed by atoms with Crippen LogP contribution in [0.2, 0.25) is 0 Å². The quantitative estimate of drug-likeness (QED) is 0.779. The maximum atomic E-state index is 13.0. The van der Waals surface area contributed by atoms with Gasteiger partial charge in [-0.2, -0.15) is 0 Å². The number of benzene rings is 2. The highest BCUT2D eigenvalue weighted by atomic mass is 16.5. The van der Waals surface area contributed by atoms with Crippen molar-refractivity contribution in [1.29, 1.82) is 0 Å². The molecule has 5 nitrogen and oxygen atoms in total. The second-order valence-electron chi connectivity index (χ2n) is 6.60. The summed E-state index contributed by atoms with van der Waals surface area (Å²) in [7, 11) is 1.61. The Hall–Kier alpha value is -2.82. The molecule has 27 heavy (non-hydrogen) atoms. The van der Waals surface area contributed by atoms with Crippen molar-refractivity contribution in [3.8, 4) is 5.75 Å². The molecule has 0 aliphatic carbocycles. The number of methoxy groups -OCH3 is 1. The van der Waals surface area contributed by atoms with E-state index < -0.39 is 6.04 Å². The van der Waals surface area contributed by atoms with Gasteiger partial charge in [-0.15, -0.1) is 0 Å². The molecule has 2 aromatic rings. The van der Waals surface area contributed by atoms with Gasteiger partial charge in [0.1, 0.15) is 11.8 Å². The lowest BCUT2D eigenvalue weighted by molar-refractivity contribution is -0.140. The van der Waals surface area contributed by atoms with Crippen molar-refractivity contribution in [1.82, 2.24) is 10.2 Å². The van der Waals surface area contributed by atoms with Crippen LogP contribution in [0.5, 0.6) is 5.75 Å². The van der Waals surface area contributed by atoms with E-state index >= 15 is 0 Å². The van der Waals surface area contributed by atoms with Gasteiger partial charge < -0.3 is 15.0 Å². The molecule has 2 amide bonds. The van der Waals surface area contributed by atoms with Crippen LogP contribution in [0.1, 0.15) is 30.5 Å². The minimum atomic E-state index is -0.551. The first-order valence-corrected chi connectivity index (χ1v) is 9.20. The van der Waals surface area contributed by atoms with Gasteiger partial charge in [-0.25, -0.2) is 0 Å². The summed E-state index contributed by atoms with van der Waals surface area (Å²) in [4.78, 5) is 27.0. The molecule has 0 saturated heterocycles. The monoisotopic (exact) mass is 368 g/mol. The molecule has 0 aliphatic rings. The van der Waals surface area contributed by atoms with Crippen LogP contribution in [0, 0.1) is 6.92 Å². The van der Waals surface area contributed by atoms with Crippen molar-refractivity contribution < 1.29 is 14.3 Å². The summed E-state index contributed by atoms with van der Waals surface area (Å²) >= 11 is 0. The zero-order valence-electron chi connectivity index (χ0n) is 16.5. The third-order valence-electron chi connectivity index (χ3n) is 4.51. The maximum Gasteiger partial charge on any atom is 0.242 e. The van der Waals surface area contributed by atoms with Gasteiger partial charge >= 0.3 is 0 Å². The summed E-state index contributed by atoms with van der Waals surface area (Å²) in [5, 5.41) is 2.80. The summed E-state index contributed by atoms with van der Waals surface area (Å²) in [6.45, 7) is 6.55. The topological polar surface area (TPSA) is 58.6 Å². The number of nitrogens with one attached hydrogen (secondary N) is 1. The molecule has 0 spiro atoms. The van der Waals surface area contributed by atoms with E-state index in [9.17, 15) is 9.59 Å². The molecule has 0 radical (unpaired) electrons. The summed E-state index contributed by atoms with van der Waals surface area (Å²) in [6, 6.07) is 14.9. The summed E-state index contributed by atoms with van der Waals surface area (Å²) < 4.78 is 5.18. The predicted octanol–water partition coefficient (Wildman–Crippen LogP) is 3.10. The highest BCUT2D eigenvalue weighted by Crippen LogP contribution is 2.16. The van der Waals surface area contributed by atoms with Crippen molar-refractivity contribution in [3.05, 3.63) is 65.2 Å². The van der Waals surface area contributed by atoms with Gasteiger partial charge in [-0.05, 0) is 44.0 Å². The van der Waals surface area contributed by atoms with Crippen LogP contribution in [-0.2, 0) is 22.6 Å². The fourth-order valence-electron chi connectivity index (χ4n) is 2.81. The molecule has 0 heterocycles. The van der Waals surface area contributed by atoms with E-state index in [4.69, 9.17) is 4.74 Å². The van der Waals surface area contributed by atoms with Crippen LogP contribution in [0.15, 0.2) is 48.5 Å². The van der Waals surface area contributed by atoms with Gasteiger partial charge in [-0.3, -0.25) is 9.59 Å². The largest absolute Gasteiger partial charge is 0.497 e. The number of ether oxygens (including phenoxy) is 1. The van der Waals surface area contributed by atoms with Gasteiger partial charge in [0.2, 0.25) is 11.8 Å². The Morgan fingerprint density at radius 2 is 1.63 bits per heavy atom. The van der Waals surface area contributed by atoms with Gasteiger partial charge in [0.15, 0.2) is 0 Å². The van der Waals surface area contributed by atoms with Crippen molar-refractivity contribution in [2.45, 2.75) is 39.8 Å². The lowest BCUT2D eigenvalue weighted by atomic mass is 10.1. The van der Waals surface area contributed by atoms with Crippen LogP contribution < -0.4 is 10.1 Å². The molecule has 0 saturated carbocycles. The van der Waals surface area contributed by atoms with E-state index in [1.165, 1.54) is 0 Å². The van der Waals surface area contributed by atoms with Crippen LogP contribution in [0.4, 0.5) is 0 Å². The Kier molecular flexibility index (Phi) is 7.41. The van der Waals surface area contributed by atoms with E-state index in [1.54, 1.807) is 18.9 Å². The fourth-order valence-corrected chi connectivity index (χ4v) is 2.81. The molecule has 0 fully saturated rings. The van der Waals surface area contributed by atoms with E-state index in [0.717, 1.165) is 22.4 Å². The van der Waals surface area contributed by atoms with Gasteiger partial charge in [0.25, 0.3) is 0 Å². The van der Waals surface area contributed by atoms with E-state index in [-0.39, 0.29) is 18.2 Å². The Morgan fingerprint density at radius 1 is 1.04 bits per heavy atom. The number of hydrogen-bond acceptors (Lipinski definition) is 3. The molecule has 1 atom stereocenters. The standard InChI is InChI=1S/C22H28N2O3/c1-5-23-22(26)17(3)24(15-19-10-12-20(27-4)13-11-19)21(25)14-18-8-6-16(2)7-9-18/h6-13,17H,5,14-15H2,1-4H3,(H,23,26). The molecule has 2 aromatic carbocycles. The first-order chi connectivity index (χ1) is 12.9. The molecule has 1 N–H and O–H groups in total. The molecular weight excluding hydrogens is 340 g/mol. The van der Waals surface area contributed by atoms with E-state index in [0.29, 0.717) is 13.1 Å². The smallest absolute Gasteiger partial charge is 0.242 e. The van der Waals surface area contributed by atoms with Crippen LogP contribution in [0.25, 0.3) is 0 Å². The average Bonchev–Trinajstić information content (AvgIpc) is 2.68. The second-order valence-corrected chi connectivity index (χ2v) is 6.60. The Morgan fingerprint density at radius 3 is 2.19 bits per heavy atom. The SMILES string of the molecule is CCNC(=O)C(C)N(Cc1ccc(OC)cc1)C(=O)Cc1ccc(C)cc1. The first-order valence-electron chi connectivity index (χ1n) is 9.20. The van der Waals surface area contributed by atoms with Crippen molar-refractivity contribution in [2.75, 3.05) is 13.7 Å². The van der Waals surface area contributed by atoms with Gasteiger partial charge in [0.05, 0.1) is 13.5 Å². The molecular formula is C22H28N2O3. The fraction of sp³-hybridized carbons (Fsp3) is 0.364. The molecule has 2 rings (SSSR count). The minimum Gasteiger partial charge on any atom is -0.497 e. The van der Waals surface area contributed by atoms with E-state index in [2.05, 4.69) is 5.32 Å². The highest BCUT2D eigenvalue weighted by Gasteiger charge is 2.25. The summed E-state index contributed by atoms with van der Waals surface area (Å²) in [5.74, 6) is 0.532. The van der Waals surface area contributed by atoms with Crippen molar-refractivity contribution in [2.24, 2.45) is 0 Å². The molecule has 0 bridgehead atoms. The predicted molar refractivity (Wildman–Crippen MR) is 107 cm³/mol. The zero-order valence-corrected chi connectivity index (χ0v) is 16.5. The van der Waals surface area contributed by atoms with Crippen molar-refractivity contribution >= 4 is 11.8 Å². The van der Waals surface area contributed by atoms with E-state index in [1.807, 2.05) is 62.4 Å².